The minimum absolute atomic E-state index is 0.169. The summed E-state index contributed by atoms with van der Waals surface area (Å²) in [6.45, 7) is 4.66. The molecule has 2 aromatic carbocycles. The number of carbonyl (C=O) groups is 4. The molecule has 0 saturated heterocycles. The summed E-state index contributed by atoms with van der Waals surface area (Å²) in [4.78, 5) is 48.7. The number of nitrogens with one attached hydrogen (secondary N) is 3. The lowest BCUT2D eigenvalue weighted by Crippen LogP contribution is -2.45. The molecule has 224 valence electrons. The first-order valence-corrected chi connectivity index (χ1v) is 13.2. The molecule has 3 N–H and O–H groups in total. The summed E-state index contributed by atoms with van der Waals surface area (Å²) in [6.07, 6.45) is 1.31. The molecule has 0 spiro atoms. The van der Waals surface area contributed by atoms with Crippen molar-refractivity contribution in [2.75, 3.05) is 33.5 Å². The number of amides is 3. The van der Waals surface area contributed by atoms with Gasteiger partial charge in [-0.1, -0.05) is 17.7 Å². The quantitative estimate of drug-likeness (QED) is 0.178. The van der Waals surface area contributed by atoms with Gasteiger partial charge in [-0.3, -0.25) is 4.79 Å². The minimum atomic E-state index is -0.795. The topological polar surface area (TPSA) is 163 Å². The van der Waals surface area contributed by atoms with Crippen molar-refractivity contribution in [3.8, 4) is 17.2 Å². The lowest BCUT2D eigenvalue weighted by molar-refractivity contribution is -0.145. The SMILES string of the molecule is CCOC(=O)COc1ccc(Cl)cc1/C=N/NC(=O)COc1ccc([C@@H]2NC(=O)NC(C)=C2C(=O)OCC)cc1OC. The molecular weight excluding hydrogens is 572 g/mol. The van der Waals surface area contributed by atoms with Gasteiger partial charge < -0.3 is 34.3 Å². The van der Waals surface area contributed by atoms with Gasteiger partial charge in [0, 0.05) is 16.3 Å². The highest BCUT2D eigenvalue weighted by atomic mass is 35.5. The van der Waals surface area contributed by atoms with Crippen molar-refractivity contribution in [3.05, 3.63) is 63.8 Å². The molecular formula is C28H31ClN4O9. The highest BCUT2D eigenvalue weighted by molar-refractivity contribution is 6.30. The molecule has 0 saturated carbocycles. The van der Waals surface area contributed by atoms with Crippen LogP contribution in [0.1, 0.15) is 37.9 Å². The van der Waals surface area contributed by atoms with Crippen molar-refractivity contribution in [1.29, 1.82) is 0 Å². The van der Waals surface area contributed by atoms with Gasteiger partial charge in [-0.15, -0.1) is 0 Å². The summed E-state index contributed by atoms with van der Waals surface area (Å²) >= 11 is 6.05. The van der Waals surface area contributed by atoms with E-state index < -0.39 is 36.5 Å². The Morgan fingerprint density at radius 2 is 1.71 bits per heavy atom. The molecule has 0 unspecified atom stereocenters. The van der Waals surface area contributed by atoms with Crippen LogP contribution in [0.4, 0.5) is 4.79 Å². The van der Waals surface area contributed by atoms with E-state index in [0.29, 0.717) is 27.6 Å². The van der Waals surface area contributed by atoms with E-state index in [1.807, 2.05) is 0 Å². The molecule has 1 heterocycles. The number of hydrazone groups is 1. The lowest BCUT2D eigenvalue weighted by atomic mass is 9.95. The van der Waals surface area contributed by atoms with Crippen molar-refractivity contribution < 1.29 is 42.9 Å². The van der Waals surface area contributed by atoms with E-state index in [0.717, 1.165) is 0 Å². The van der Waals surface area contributed by atoms with Gasteiger partial charge in [0.1, 0.15) is 5.75 Å². The molecule has 42 heavy (non-hydrogen) atoms. The van der Waals surface area contributed by atoms with Gasteiger partial charge in [-0.25, -0.2) is 19.8 Å². The Labute approximate surface area is 247 Å². The van der Waals surface area contributed by atoms with Crippen LogP contribution < -0.4 is 30.3 Å². The second-order valence-corrected chi connectivity index (χ2v) is 9.00. The van der Waals surface area contributed by atoms with E-state index in [4.69, 9.17) is 35.3 Å². The molecule has 0 fully saturated rings. The molecule has 3 rings (SSSR count). The standard InChI is InChI=1S/C28H31ClN4O9/c1-5-39-24(35)15-42-20-10-8-19(29)11-18(20)13-30-33-23(34)14-41-21-9-7-17(12-22(21)38-4)26-25(27(36)40-6-2)16(3)31-28(37)32-26/h7-13,26H,5-6,14-15H2,1-4H3,(H,33,34)(H2,31,32,37)/b30-13+/t26-/m0/s1. The van der Waals surface area contributed by atoms with E-state index in [1.54, 1.807) is 57.2 Å². The number of esters is 2. The van der Waals surface area contributed by atoms with Crippen molar-refractivity contribution in [1.82, 2.24) is 16.1 Å². The van der Waals surface area contributed by atoms with E-state index in [9.17, 15) is 19.2 Å². The molecule has 2 aromatic rings. The number of urea groups is 1. The number of benzene rings is 2. The number of ether oxygens (including phenoxy) is 5. The third-order valence-electron chi connectivity index (χ3n) is 5.66. The van der Waals surface area contributed by atoms with Crippen molar-refractivity contribution in [2.24, 2.45) is 5.10 Å². The molecule has 1 aliphatic heterocycles. The third kappa shape index (κ3) is 8.61. The molecule has 13 nitrogen and oxygen atoms in total. The highest BCUT2D eigenvalue weighted by Gasteiger charge is 2.32. The number of hydrogen-bond acceptors (Lipinski definition) is 10. The fourth-order valence-corrected chi connectivity index (χ4v) is 4.03. The fourth-order valence-electron chi connectivity index (χ4n) is 3.85. The van der Waals surface area contributed by atoms with Crippen molar-refractivity contribution in [2.45, 2.75) is 26.8 Å². The summed E-state index contributed by atoms with van der Waals surface area (Å²) in [7, 11) is 1.41. The predicted molar refractivity (Wildman–Crippen MR) is 152 cm³/mol. The number of methoxy groups -OCH3 is 1. The average molecular weight is 603 g/mol. The Morgan fingerprint density at radius 1 is 1.00 bits per heavy atom. The summed E-state index contributed by atoms with van der Waals surface area (Å²) in [6, 6.07) is 8.20. The van der Waals surface area contributed by atoms with Crippen LogP contribution in [-0.4, -0.2) is 63.6 Å². The number of nitrogens with zero attached hydrogens (tertiary/aromatic N) is 1. The average Bonchev–Trinajstić information content (AvgIpc) is 2.95. The summed E-state index contributed by atoms with van der Waals surface area (Å²) in [5.74, 6) is -0.867. The van der Waals surface area contributed by atoms with Crippen LogP contribution >= 0.6 is 11.6 Å². The molecule has 0 radical (unpaired) electrons. The molecule has 14 heteroatoms. The lowest BCUT2D eigenvalue weighted by Gasteiger charge is -2.28. The maximum absolute atomic E-state index is 12.6. The molecule has 0 bridgehead atoms. The van der Waals surface area contributed by atoms with E-state index in [2.05, 4.69) is 21.2 Å². The summed E-state index contributed by atoms with van der Waals surface area (Å²) in [5, 5.41) is 9.59. The number of carbonyl (C=O) groups excluding carboxylic acids is 4. The minimum Gasteiger partial charge on any atom is -0.493 e. The van der Waals surface area contributed by atoms with Gasteiger partial charge >= 0.3 is 18.0 Å². The van der Waals surface area contributed by atoms with E-state index in [-0.39, 0.29) is 36.9 Å². The Morgan fingerprint density at radius 3 is 2.43 bits per heavy atom. The van der Waals surface area contributed by atoms with Crippen LogP contribution in [-0.2, 0) is 23.9 Å². The highest BCUT2D eigenvalue weighted by Crippen LogP contribution is 2.34. The van der Waals surface area contributed by atoms with Gasteiger partial charge in [0.25, 0.3) is 5.91 Å². The smallest absolute Gasteiger partial charge is 0.344 e. The first kappa shape index (κ1) is 31.7. The largest absolute Gasteiger partial charge is 0.493 e. The van der Waals surface area contributed by atoms with Crippen LogP contribution in [0.2, 0.25) is 5.02 Å². The number of halogens is 1. The number of rotatable bonds is 13. The summed E-state index contributed by atoms with van der Waals surface area (Å²) < 4.78 is 26.5. The zero-order valence-corrected chi connectivity index (χ0v) is 24.2. The first-order chi connectivity index (χ1) is 20.2. The van der Waals surface area contributed by atoms with Crippen molar-refractivity contribution >= 4 is 41.7 Å². The fraction of sp³-hybridized carbons (Fsp3) is 0.321. The van der Waals surface area contributed by atoms with Gasteiger partial charge in [-0.05, 0) is 56.7 Å². The van der Waals surface area contributed by atoms with Crippen LogP contribution in [0.15, 0.2) is 52.8 Å². The summed E-state index contributed by atoms with van der Waals surface area (Å²) in [5.41, 5.74) is 3.91. The maximum atomic E-state index is 12.6. The molecule has 1 aliphatic rings. The first-order valence-electron chi connectivity index (χ1n) is 12.8. The second-order valence-electron chi connectivity index (χ2n) is 8.56. The zero-order chi connectivity index (χ0) is 30.6. The van der Waals surface area contributed by atoms with Crippen LogP contribution in [0.25, 0.3) is 0 Å². The monoisotopic (exact) mass is 602 g/mol. The second kappa shape index (κ2) is 15.3. The van der Waals surface area contributed by atoms with E-state index in [1.165, 1.54) is 13.3 Å². The van der Waals surface area contributed by atoms with Gasteiger partial charge in [0.05, 0.1) is 38.2 Å². The molecule has 1 atom stereocenters. The third-order valence-corrected chi connectivity index (χ3v) is 5.89. The number of hydrogen-bond donors (Lipinski definition) is 3. The van der Waals surface area contributed by atoms with Gasteiger partial charge in [0.2, 0.25) is 0 Å². The van der Waals surface area contributed by atoms with Crippen LogP contribution in [0.3, 0.4) is 0 Å². The molecule has 0 aliphatic carbocycles. The van der Waals surface area contributed by atoms with E-state index >= 15 is 0 Å². The van der Waals surface area contributed by atoms with Crippen LogP contribution in [0.5, 0.6) is 17.2 Å². The Hall–Kier alpha value is -4.78. The van der Waals surface area contributed by atoms with Crippen LogP contribution in [0, 0.1) is 0 Å². The van der Waals surface area contributed by atoms with Gasteiger partial charge in [0.15, 0.2) is 24.7 Å². The van der Waals surface area contributed by atoms with Crippen molar-refractivity contribution in [3.63, 3.8) is 0 Å². The number of allylic oxidation sites excluding steroid dienone is 1. The predicted octanol–water partition coefficient (Wildman–Crippen LogP) is 3.01. The van der Waals surface area contributed by atoms with Gasteiger partial charge in [-0.2, -0.15) is 5.10 Å². The molecule has 3 amide bonds. The maximum Gasteiger partial charge on any atom is 0.344 e. The Kier molecular flexibility index (Phi) is 11.6. The normalized spacial score (nSPS) is 14.5. The molecule has 0 aromatic heterocycles. The Balaban J connectivity index is 1.65. The zero-order valence-electron chi connectivity index (χ0n) is 23.4. The Bertz CT molecular complexity index is 1390.